The van der Waals surface area contributed by atoms with Gasteiger partial charge in [0.1, 0.15) is 0 Å². The minimum Gasteiger partial charge on any atom is -0.126 e. The first-order valence-electron chi connectivity index (χ1n) is 8.72. The van der Waals surface area contributed by atoms with Gasteiger partial charge >= 0.3 is 0 Å². The van der Waals surface area contributed by atoms with Gasteiger partial charge in [0, 0.05) is 0 Å². The molecule has 3 rings (SSSR count). The first-order chi connectivity index (χ1) is 12.5. The highest BCUT2D eigenvalue weighted by molar-refractivity contribution is 7.09. The molecule has 126 valence electrons. The third-order valence-electron chi connectivity index (χ3n) is 5.30. The Morgan fingerprint density at radius 1 is 0.538 bits per heavy atom. The highest BCUT2D eigenvalue weighted by Gasteiger charge is 2.34. The lowest BCUT2D eigenvalue weighted by Crippen LogP contribution is -2.59. The number of terminal acetylenes is 2. The first kappa shape index (κ1) is 18.0. The van der Waals surface area contributed by atoms with Crippen LogP contribution in [0.4, 0.5) is 0 Å². The second-order valence-electron chi connectivity index (χ2n) is 6.85. The number of rotatable bonds is 4. The number of hydrogen-bond acceptors (Lipinski definition) is 0. The van der Waals surface area contributed by atoms with Crippen molar-refractivity contribution in [3.05, 3.63) is 84.9 Å². The summed E-state index contributed by atoms with van der Waals surface area (Å²) in [7, 11) is -4.44. The summed E-state index contributed by atoms with van der Waals surface area (Å²) in [5, 5.41) is 4.99. The van der Waals surface area contributed by atoms with Gasteiger partial charge in [0.05, 0.1) is 0 Å². The molecule has 2 unspecified atom stereocenters. The third kappa shape index (κ3) is 3.06. The molecule has 0 nitrogen and oxygen atoms in total. The quantitative estimate of drug-likeness (QED) is 0.491. The van der Waals surface area contributed by atoms with E-state index in [9.17, 15) is 0 Å². The van der Waals surface area contributed by atoms with Crippen LogP contribution in [0.3, 0.4) is 0 Å². The topological polar surface area (TPSA) is 0 Å². The lowest BCUT2D eigenvalue weighted by atomic mass is 10.3. The molecule has 0 saturated carbocycles. The summed E-state index contributed by atoms with van der Waals surface area (Å²) in [6.45, 7) is 4.47. The second-order valence-corrected chi connectivity index (χ2v) is 14.2. The zero-order chi connectivity index (χ0) is 18.6. The standard InChI is InChI=1S/C24H22Si2/c1-5-25(3,21-14-9-7-10-15-21)23-18-13-19-24(20-23)26(4,6-2)22-16-11-8-12-17-22/h1-2,7-20H,3-4H3. The van der Waals surface area contributed by atoms with Crippen LogP contribution in [-0.2, 0) is 0 Å². The van der Waals surface area contributed by atoms with Gasteiger partial charge in [-0.3, -0.25) is 0 Å². The molecule has 0 bridgehead atoms. The van der Waals surface area contributed by atoms with Crippen molar-refractivity contribution < 1.29 is 0 Å². The Kier molecular flexibility index (Phi) is 5.00. The summed E-state index contributed by atoms with van der Waals surface area (Å²) in [4.78, 5) is 0. The van der Waals surface area contributed by atoms with Gasteiger partial charge in [-0.05, 0) is 20.7 Å². The van der Waals surface area contributed by atoms with E-state index in [2.05, 4.69) is 97.0 Å². The van der Waals surface area contributed by atoms with Crippen molar-refractivity contribution >= 4 is 36.9 Å². The molecule has 0 aliphatic heterocycles. The summed E-state index contributed by atoms with van der Waals surface area (Å²) in [6, 6.07) is 29.6. The number of hydrogen-bond donors (Lipinski definition) is 0. The van der Waals surface area contributed by atoms with Gasteiger partial charge in [-0.1, -0.05) is 98.0 Å². The summed E-state index contributed by atoms with van der Waals surface area (Å²) >= 11 is 0. The highest BCUT2D eigenvalue weighted by atomic mass is 28.3. The molecule has 0 aliphatic carbocycles. The molecule has 2 atom stereocenters. The predicted molar refractivity (Wildman–Crippen MR) is 119 cm³/mol. The van der Waals surface area contributed by atoms with Crippen molar-refractivity contribution in [2.24, 2.45) is 0 Å². The van der Waals surface area contributed by atoms with E-state index in [0.29, 0.717) is 0 Å². The zero-order valence-electron chi connectivity index (χ0n) is 15.2. The van der Waals surface area contributed by atoms with Gasteiger partial charge < -0.3 is 0 Å². The van der Waals surface area contributed by atoms with E-state index in [1.54, 1.807) is 0 Å². The normalized spacial score (nSPS) is 15.1. The molecule has 0 fully saturated rings. The van der Waals surface area contributed by atoms with E-state index in [4.69, 9.17) is 12.8 Å². The minimum absolute atomic E-state index is 1.24. The van der Waals surface area contributed by atoms with Crippen LogP contribution in [0.25, 0.3) is 0 Å². The Morgan fingerprint density at radius 3 is 1.23 bits per heavy atom. The number of benzene rings is 3. The van der Waals surface area contributed by atoms with Crippen LogP contribution in [0.5, 0.6) is 0 Å². The Hall–Kier alpha value is -2.79. The first-order valence-corrected chi connectivity index (χ1v) is 13.7. The summed E-state index contributed by atoms with van der Waals surface area (Å²) < 4.78 is 0. The molecule has 0 radical (unpaired) electrons. The molecule has 0 saturated heterocycles. The maximum absolute atomic E-state index is 6.06. The Labute approximate surface area is 158 Å². The van der Waals surface area contributed by atoms with Gasteiger partial charge in [-0.2, -0.15) is 0 Å². The molecule has 0 amide bonds. The molecular weight excluding hydrogens is 344 g/mol. The zero-order valence-corrected chi connectivity index (χ0v) is 17.2. The van der Waals surface area contributed by atoms with E-state index in [1.165, 1.54) is 20.7 Å². The smallest absolute Gasteiger partial charge is 0.126 e. The molecule has 26 heavy (non-hydrogen) atoms. The van der Waals surface area contributed by atoms with Crippen molar-refractivity contribution in [1.82, 2.24) is 0 Å². The fourth-order valence-electron chi connectivity index (χ4n) is 3.35. The van der Waals surface area contributed by atoms with Gasteiger partial charge in [-0.25, -0.2) is 0 Å². The van der Waals surface area contributed by atoms with Crippen molar-refractivity contribution in [1.29, 1.82) is 0 Å². The average molecular weight is 367 g/mol. The van der Waals surface area contributed by atoms with E-state index in [-0.39, 0.29) is 0 Å². The SMILES string of the molecule is C#C[Si](C)(c1ccccc1)c1cccc([Si](C)(C#C)c2ccccc2)c1. The Balaban J connectivity index is 2.15. The molecule has 3 aromatic rings. The molecule has 2 heteroatoms. The minimum atomic E-state index is -2.22. The Bertz CT molecular complexity index is 901. The van der Waals surface area contributed by atoms with Crippen LogP contribution < -0.4 is 20.7 Å². The summed E-state index contributed by atoms with van der Waals surface area (Å²) in [5.74, 6) is 0. The van der Waals surface area contributed by atoms with E-state index in [1.807, 2.05) is 12.1 Å². The van der Waals surface area contributed by atoms with Crippen molar-refractivity contribution in [2.75, 3.05) is 0 Å². The predicted octanol–water partition coefficient (Wildman–Crippen LogP) is 2.42. The Morgan fingerprint density at radius 2 is 0.885 bits per heavy atom. The molecule has 0 spiro atoms. The lowest BCUT2D eigenvalue weighted by molar-refractivity contribution is 1.70. The summed E-state index contributed by atoms with van der Waals surface area (Å²) in [5.41, 5.74) is 6.30. The maximum Gasteiger partial charge on any atom is 0.195 e. The van der Waals surface area contributed by atoms with Crippen LogP contribution in [0.15, 0.2) is 84.9 Å². The van der Waals surface area contributed by atoms with Crippen molar-refractivity contribution in [2.45, 2.75) is 13.1 Å². The maximum atomic E-state index is 6.06. The highest BCUT2D eigenvalue weighted by Crippen LogP contribution is 2.07. The summed E-state index contributed by atoms with van der Waals surface area (Å²) in [6.07, 6.45) is 12.1. The second kappa shape index (κ2) is 7.22. The van der Waals surface area contributed by atoms with Crippen molar-refractivity contribution in [3.8, 4) is 23.9 Å². The average Bonchev–Trinajstić information content (AvgIpc) is 2.74. The molecular formula is C24H22Si2. The van der Waals surface area contributed by atoms with Crippen LogP contribution >= 0.6 is 0 Å². The monoisotopic (exact) mass is 366 g/mol. The van der Waals surface area contributed by atoms with Gasteiger partial charge in [-0.15, -0.1) is 23.9 Å². The van der Waals surface area contributed by atoms with Gasteiger partial charge in [0.25, 0.3) is 0 Å². The van der Waals surface area contributed by atoms with E-state index >= 15 is 0 Å². The van der Waals surface area contributed by atoms with E-state index in [0.717, 1.165) is 0 Å². The molecule has 0 aliphatic rings. The third-order valence-corrected chi connectivity index (χ3v) is 12.4. The fourth-order valence-corrected chi connectivity index (χ4v) is 8.29. The van der Waals surface area contributed by atoms with Crippen molar-refractivity contribution in [3.63, 3.8) is 0 Å². The van der Waals surface area contributed by atoms with E-state index < -0.39 is 16.1 Å². The largest absolute Gasteiger partial charge is 0.195 e. The van der Waals surface area contributed by atoms with Gasteiger partial charge in [0.2, 0.25) is 0 Å². The lowest BCUT2D eigenvalue weighted by Gasteiger charge is -2.27. The van der Waals surface area contributed by atoms with Crippen LogP contribution in [0.2, 0.25) is 13.1 Å². The van der Waals surface area contributed by atoms with Crippen LogP contribution in [-0.4, -0.2) is 16.1 Å². The molecule has 3 aromatic carbocycles. The van der Waals surface area contributed by atoms with Crippen LogP contribution in [0, 0.1) is 23.9 Å². The molecule has 0 aromatic heterocycles. The fraction of sp³-hybridized carbons (Fsp3) is 0.0833. The van der Waals surface area contributed by atoms with Crippen LogP contribution in [0.1, 0.15) is 0 Å². The molecule has 0 N–H and O–H groups in total. The molecule has 0 heterocycles. The van der Waals surface area contributed by atoms with Gasteiger partial charge in [0.15, 0.2) is 16.1 Å².